The normalized spacial score (nSPS) is 32.1. The zero-order valence-corrected chi connectivity index (χ0v) is 16.2. The van der Waals surface area contributed by atoms with Crippen LogP contribution in [-0.4, -0.2) is 25.5 Å². The second-order valence-corrected chi connectivity index (χ2v) is 9.03. The second-order valence-electron chi connectivity index (χ2n) is 9.03. The van der Waals surface area contributed by atoms with Crippen LogP contribution < -0.4 is 16.0 Å². The molecule has 1 aromatic rings. The maximum atomic E-state index is 12.6. The molecule has 146 valence electrons. The largest absolute Gasteiger partial charge is 0.341 e. The fraction of sp³-hybridized carbons (Fsp3) is 0.636. The first-order chi connectivity index (χ1) is 13.1. The van der Waals surface area contributed by atoms with Gasteiger partial charge in [-0.2, -0.15) is 0 Å². The summed E-state index contributed by atoms with van der Waals surface area (Å²) < 4.78 is 0. The molecule has 0 radical (unpaired) electrons. The lowest BCUT2D eigenvalue weighted by Gasteiger charge is -2.57. The van der Waals surface area contributed by atoms with Crippen LogP contribution in [0.2, 0.25) is 0 Å². The highest BCUT2D eigenvalue weighted by Gasteiger charge is 2.50. The van der Waals surface area contributed by atoms with Crippen molar-refractivity contribution >= 4 is 11.9 Å². The Kier molecular flexibility index (Phi) is 5.22. The quantitative estimate of drug-likeness (QED) is 0.720. The van der Waals surface area contributed by atoms with E-state index in [2.05, 4.69) is 16.0 Å². The number of imide groups is 1. The van der Waals surface area contributed by atoms with Crippen LogP contribution in [0.1, 0.15) is 56.6 Å². The molecule has 5 rings (SSSR count). The average Bonchev–Trinajstić information content (AvgIpc) is 2.64. The van der Waals surface area contributed by atoms with Crippen molar-refractivity contribution in [1.29, 1.82) is 0 Å². The Labute approximate surface area is 161 Å². The standard InChI is InChI=1S/C22H31N3O2/c1-23-21(27)25-20(26)19(18-5-3-2-4-6-18)24-8-7-22-12-15-9-16(13-22)11-17(10-15)14-22/h2-6,15-17,19,24H,7-14H2,1H3,(H2,23,25,26,27)/t15?,16?,17?,19-,22?/m0/s1. The van der Waals surface area contributed by atoms with Gasteiger partial charge >= 0.3 is 6.03 Å². The second kappa shape index (κ2) is 7.63. The minimum Gasteiger partial charge on any atom is -0.341 e. The highest BCUT2D eigenvalue weighted by Crippen LogP contribution is 2.61. The number of hydrogen-bond donors (Lipinski definition) is 3. The molecule has 1 aromatic carbocycles. The third-order valence-corrected chi connectivity index (χ3v) is 7.03. The van der Waals surface area contributed by atoms with Gasteiger partial charge in [-0.25, -0.2) is 4.79 Å². The van der Waals surface area contributed by atoms with Crippen molar-refractivity contribution in [2.24, 2.45) is 23.2 Å². The zero-order chi connectivity index (χ0) is 18.9. The molecule has 4 saturated carbocycles. The molecule has 5 nitrogen and oxygen atoms in total. The van der Waals surface area contributed by atoms with Crippen molar-refractivity contribution in [1.82, 2.24) is 16.0 Å². The van der Waals surface area contributed by atoms with E-state index in [0.29, 0.717) is 5.41 Å². The fourth-order valence-corrected chi connectivity index (χ4v) is 6.33. The molecule has 0 aromatic heterocycles. The summed E-state index contributed by atoms with van der Waals surface area (Å²) in [5.74, 6) is 2.53. The molecular weight excluding hydrogens is 338 g/mol. The lowest BCUT2D eigenvalue weighted by atomic mass is 9.49. The smallest absolute Gasteiger partial charge is 0.321 e. The van der Waals surface area contributed by atoms with Gasteiger partial charge in [-0.1, -0.05) is 30.3 Å². The van der Waals surface area contributed by atoms with Crippen molar-refractivity contribution in [2.75, 3.05) is 13.6 Å². The first-order valence-electron chi connectivity index (χ1n) is 10.4. The van der Waals surface area contributed by atoms with Crippen molar-refractivity contribution in [2.45, 2.75) is 51.0 Å². The van der Waals surface area contributed by atoms with Gasteiger partial charge in [-0.15, -0.1) is 0 Å². The van der Waals surface area contributed by atoms with E-state index in [1.807, 2.05) is 30.3 Å². The minimum absolute atomic E-state index is 0.300. The highest BCUT2D eigenvalue weighted by molar-refractivity contribution is 5.97. The summed E-state index contributed by atoms with van der Waals surface area (Å²) >= 11 is 0. The molecule has 27 heavy (non-hydrogen) atoms. The Balaban J connectivity index is 1.40. The molecule has 0 saturated heterocycles. The van der Waals surface area contributed by atoms with Crippen LogP contribution in [0.15, 0.2) is 30.3 Å². The summed E-state index contributed by atoms with van der Waals surface area (Å²) in [6.07, 6.45) is 9.62. The van der Waals surface area contributed by atoms with Gasteiger partial charge in [-0.3, -0.25) is 10.1 Å². The van der Waals surface area contributed by atoms with Crippen LogP contribution in [0.3, 0.4) is 0 Å². The molecule has 1 atom stereocenters. The Bertz CT molecular complexity index is 653. The SMILES string of the molecule is CNC(=O)NC(=O)[C@@H](NCCC12CC3CC(CC(C3)C1)C2)c1ccccc1. The predicted molar refractivity (Wildman–Crippen MR) is 105 cm³/mol. The van der Waals surface area contributed by atoms with Crippen molar-refractivity contribution in [3.63, 3.8) is 0 Å². The summed E-state index contributed by atoms with van der Waals surface area (Å²) in [6, 6.07) is 8.69. The van der Waals surface area contributed by atoms with Gasteiger partial charge < -0.3 is 10.6 Å². The van der Waals surface area contributed by atoms with Crippen LogP contribution in [0.4, 0.5) is 4.79 Å². The van der Waals surface area contributed by atoms with Crippen LogP contribution in [0.5, 0.6) is 0 Å². The Morgan fingerprint density at radius 1 is 1.04 bits per heavy atom. The van der Waals surface area contributed by atoms with Gasteiger partial charge in [0, 0.05) is 7.05 Å². The van der Waals surface area contributed by atoms with E-state index in [9.17, 15) is 9.59 Å². The van der Waals surface area contributed by atoms with Gasteiger partial charge in [0.1, 0.15) is 6.04 Å². The van der Waals surface area contributed by atoms with Crippen LogP contribution in [0.25, 0.3) is 0 Å². The predicted octanol–water partition coefficient (Wildman–Crippen LogP) is 3.38. The molecule has 4 fully saturated rings. The molecule has 3 amide bonds. The maximum Gasteiger partial charge on any atom is 0.321 e. The number of carbonyl (C=O) groups is 2. The molecule has 0 heterocycles. The minimum atomic E-state index is -0.502. The van der Waals surface area contributed by atoms with E-state index in [0.717, 1.165) is 36.3 Å². The van der Waals surface area contributed by atoms with E-state index in [1.165, 1.54) is 45.6 Å². The van der Waals surface area contributed by atoms with Crippen LogP contribution in [0, 0.1) is 23.2 Å². The number of amides is 3. The first-order valence-corrected chi connectivity index (χ1v) is 10.4. The lowest BCUT2D eigenvalue weighted by molar-refractivity contribution is -0.122. The van der Waals surface area contributed by atoms with E-state index >= 15 is 0 Å². The molecule has 3 N–H and O–H groups in total. The van der Waals surface area contributed by atoms with Gasteiger partial charge in [-0.05, 0) is 80.2 Å². The molecule has 5 heteroatoms. The number of rotatable bonds is 6. The summed E-state index contributed by atoms with van der Waals surface area (Å²) in [5.41, 5.74) is 1.38. The van der Waals surface area contributed by atoms with Crippen molar-refractivity contribution < 1.29 is 9.59 Å². The zero-order valence-electron chi connectivity index (χ0n) is 16.2. The summed E-state index contributed by atoms with van der Waals surface area (Å²) in [7, 11) is 1.51. The third kappa shape index (κ3) is 4.03. The van der Waals surface area contributed by atoms with Gasteiger partial charge in [0.15, 0.2) is 0 Å². The Morgan fingerprint density at radius 3 is 2.19 bits per heavy atom. The maximum absolute atomic E-state index is 12.6. The van der Waals surface area contributed by atoms with Crippen molar-refractivity contribution in [3.8, 4) is 0 Å². The first kappa shape index (κ1) is 18.5. The third-order valence-electron chi connectivity index (χ3n) is 7.03. The molecule has 0 spiro atoms. The summed E-state index contributed by atoms with van der Waals surface area (Å²) in [5, 5.41) is 8.32. The van der Waals surface area contributed by atoms with Gasteiger partial charge in [0.25, 0.3) is 0 Å². The lowest BCUT2D eigenvalue weighted by Crippen LogP contribution is -2.48. The Hall–Kier alpha value is -1.88. The number of nitrogens with one attached hydrogen (secondary N) is 3. The van der Waals surface area contributed by atoms with Crippen molar-refractivity contribution in [3.05, 3.63) is 35.9 Å². The molecular formula is C22H31N3O2. The topological polar surface area (TPSA) is 70.2 Å². The fourth-order valence-electron chi connectivity index (χ4n) is 6.33. The van der Waals surface area contributed by atoms with E-state index < -0.39 is 12.1 Å². The molecule has 4 bridgehead atoms. The van der Waals surface area contributed by atoms with Gasteiger partial charge in [0.2, 0.25) is 5.91 Å². The number of urea groups is 1. The van der Waals surface area contributed by atoms with E-state index in [4.69, 9.17) is 0 Å². The van der Waals surface area contributed by atoms with Crippen LogP contribution >= 0.6 is 0 Å². The molecule has 0 unspecified atom stereocenters. The summed E-state index contributed by atoms with van der Waals surface area (Å²) in [6.45, 7) is 0.812. The van der Waals surface area contributed by atoms with E-state index in [-0.39, 0.29) is 5.91 Å². The number of hydrogen-bond acceptors (Lipinski definition) is 3. The van der Waals surface area contributed by atoms with Gasteiger partial charge in [0.05, 0.1) is 0 Å². The van der Waals surface area contributed by atoms with Crippen LogP contribution in [-0.2, 0) is 4.79 Å². The number of carbonyl (C=O) groups excluding carboxylic acids is 2. The number of benzene rings is 1. The summed E-state index contributed by atoms with van der Waals surface area (Å²) in [4.78, 5) is 24.2. The molecule has 0 aliphatic heterocycles. The highest BCUT2D eigenvalue weighted by atomic mass is 16.2. The Morgan fingerprint density at radius 2 is 1.63 bits per heavy atom. The van der Waals surface area contributed by atoms with E-state index in [1.54, 1.807) is 0 Å². The monoisotopic (exact) mass is 369 g/mol. The molecule has 4 aliphatic rings. The molecule has 4 aliphatic carbocycles. The average molecular weight is 370 g/mol.